The quantitative estimate of drug-likeness (QED) is 0.338. The summed E-state index contributed by atoms with van der Waals surface area (Å²) < 4.78 is 0. The Labute approximate surface area is 203 Å². The molecule has 170 valence electrons. The summed E-state index contributed by atoms with van der Waals surface area (Å²) in [4.78, 5) is 31.8. The smallest absolute Gasteiger partial charge is 0.229 e. The predicted octanol–water partition coefficient (Wildman–Crippen LogP) is 6.59. The van der Waals surface area contributed by atoms with E-state index in [9.17, 15) is 9.59 Å². The van der Waals surface area contributed by atoms with Crippen LogP contribution in [-0.4, -0.2) is 16.7 Å². The van der Waals surface area contributed by atoms with E-state index >= 15 is 0 Å². The third-order valence-corrected chi connectivity index (χ3v) is 9.03. The molecule has 4 atom stereocenters. The number of anilines is 1. The predicted molar refractivity (Wildman–Crippen MR) is 136 cm³/mol. The largest absolute Gasteiger partial charge is 0.324 e. The highest BCUT2D eigenvalue weighted by molar-refractivity contribution is 7.10. The molecule has 2 aromatic heterocycles. The Bertz CT molecular complexity index is 1370. The number of benzene rings is 2. The van der Waals surface area contributed by atoms with Crippen LogP contribution >= 0.6 is 11.3 Å². The fraction of sp³-hybridized carbons (Fsp3) is 0.276. The fourth-order valence-corrected chi connectivity index (χ4v) is 7.50. The van der Waals surface area contributed by atoms with Gasteiger partial charge in [-0.15, -0.1) is 11.3 Å². The molecule has 0 aliphatic heterocycles. The summed E-state index contributed by atoms with van der Waals surface area (Å²) in [5.41, 5.74) is 3.30. The molecule has 0 radical (unpaired) electrons. The summed E-state index contributed by atoms with van der Waals surface area (Å²) in [5, 5.41) is 6.41. The summed E-state index contributed by atoms with van der Waals surface area (Å²) in [6.45, 7) is 1.59. The first kappa shape index (κ1) is 21.2. The van der Waals surface area contributed by atoms with Crippen LogP contribution in [-0.2, 0) is 10.2 Å². The molecule has 0 spiro atoms. The third kappa shape index (κ3) is 3.30. The number of aromatic nitrogens is 1. The van der Waals surface area contributed by atoms with Crippen LogP contribution in [0.1, 0.15) is 52.9 Å². The summed E-state index contributed by atoms with van der Waals surface area (Å²) in [5.74, 6) is 0.528. The van der Waals surface area contributed by atoms with E-state index in [1.807, 2.05) is 42.5 Å². The summed E-state index contributed by atoms with van der Waals surface area (Å²) in [6, 6.07) is 22.1. The molecule has 1 N–H and O–H groups in total. The van der Waals surface area contributed by atoms with Crippen molar-refractivity contribution >= 4 is 39.6 Å². The Hall–Kier alpha value is -3.31. The molecule has 5 heteroatoms. The molecule has 0 unspecified atom stereocenters. The summed E-state index contributed by atoms with van der Waals surface area (Å²) in [7, 11) is 0. The van der Waals surface area contributed by atoms with Gasteiger partial charge in [0.15, 0.2) is 5.78 Å². The van der Waals surface area contributed by atoms with E-state index in [-0.39, 0.29) is 28.9 Å². The van der Waals surface area contributed by atoms with Gasteiger partial charge < -0.3 is 5.32 Å². The molecular formula is C29H26N2O2S. The first-order valence-corrected chi connectivity index (χ1v) is 12.7. The number of carbonyl (C=O) groups is 2. The van der Waals surface area contributed by atoms with E-state index in [4.69, 9.17) is 0 Å². The van der Waals surface area contributed by atoms with Crippen LogP contribution in [0.5, 0.6) is 0 Å². The van der Waals surface area contributed by atoms with Crippen molar-refractivity contribution in [3.8, 4) is 0 Å². The second-order valence-corrected chi connectivity index (χ2v) is 10.6. The van der Waals surface area contributed by atoms with Crippen molar-refractivity contribution in [3.05, 3.63) is 94.3 Å². The van der Waals surface area contributed by atoms with Crippen molar-refractivity contribution in [1.29, 1.82) is 0 Å². The van der Waals surface area contributed by atoms with Gasteiger partial charge in [-0.05, 0) is 67.2 Å². The Kier molecular flexibility index (Phi) is 5.10. The molecule has 2 saturated carbocycles. The van der Waals surface area contributed by atoms with Crippen molar-refractivity contribution in [1.82, 2.24) is 4.98 Å². The lowest BCUT2D eigenvalue weighted by Crippen LogP contribution is -2.41. The van der Waals surface area contributed by atoms with Crippen molar-refractivity contribution in [2.75, 3.05) is 5.32 Å². The maximum Gasteiger partial charge on any atom is 0.229 e. The molecule has 2 aromatic carbocycles. The lowest BCUT2D eigenvalue weighted by Gasteiger charge is -2.38. The number of carbonyl (C=O) groups excluding carboxylic acids is 2. The molecule has 2 heterocycles. The van der Waals surface area contributed by atoms with Crippen LogP contribution < -0.4 is 5.32 Å². The molecule has 4 aromatic rings. The first-order chi connectivity index (χ1) is 16.6. The van der Waals surface area contributed by atoms with Crippen LogP contribution in [0.25, 0.3) is 10.9 Å². The lowest BCUT2D eigenvalue weighted by molar-refractivity contribution is -0.122. The zero-order chi connectivity index (χ0) is 23.3. The SMILES string of the molecule is CC(=O)c1ccc([C@@H]2[C@@H]3CC[C@@](c4cccs4)(C3)[C@@H]2C(=O)Nc2cccc3cccnc23)cc1. The number of hydrogen-bond donors (Lipinski definition) is 1. The number of Topliss-reactive ketones (excluding diaryl/α,β-unsaturated/α-hetero) is 1. The number of fused-ring (bicyclic) bond motifs is 3. The van der Waals surface area contributed by atoms with Crippen LogP contribution in [0.3, 0.4) is 0 Å². The summed E-state index contributed by atoms with van der Waals surface area (Å²) in [6.07, 6.45) is 4.95. The second kappa shape index (κ2) is 8.17. The Morgan fingerprint density at radius 1 is 1.03 bits per heavy atom. The maximum absolute atomic E-state index is 14.1. The highest BCUT2D eigenvalue weighted by atomic mass is 32.1. The molecule has 2 bridgehead atoms. The topological polar surface area (TPSA) is 59.1 Å². The number of thiophene rings is 1. The van der Waals surface area contributed by atoms with Gasteiger partial charge in [0, 0.05) is 27.4 Å². The number of amides is 1. The molecule has 34 heavy (non-hydrogen) atoms. The van der Waals surface area contributed by atoms with Crippen LogP contribution in [0, 0.1) is 11.8 Å². The number of nitrogens with zero attached hydrogens (tertiary/aromatic N) is 1. The normalized spacial score (nSPS) is 25.5. The van der Waals surface area contributed by atoms with Crippen LogP contribution in [0.15, 0.2) is 78.3 Å². The molecule has 6 rings (SSSR count). The lowest BCUT2D eigenvalue weighted by atomic mass is 9.67. The van der Waals surface area contributed by atoms with Crippen molar-refractivity contribution in [2.24, 2.45) is 11.8 Å². The fourth-order valence-electron chi connectivity index (χ4n) is 6.49. The summed E-state index contributed by atoms with van der Waals surface area (Å²) >= 11 is 1.77. The molecule has 1 amide bonds. The van der Waals surface area contributed by atoms with Gasteiger partial charge in [-0.2, -0.15) is 0 Å². The zero-order valence-electron chi connectivity index (χ0n) is 19.0. The number of ketones is 1. The molecule has 4 nitrogen and oxygen atoms in total. The van der Waals surface area contributed by atoms with E-state index in [0.717, 1.165) is 41.4 Å². The second-order valence-electron chi connectivity index (χ2n) is 9.69. The Morgan fingerprint density at radius 3 is 2.62 bits per heavy atom. The molecule has 0 saturated heterocycles. The minimum atomic E-state index is -0.174. The number of nitrogens with one attached hydrogen (secondary N) is 1. The van der Waals surface area contributed by atoms with E-state index in [2.05, 4.69) is 39.9 Å². The van der Waals surface area contributed by atoms with Crippen molar-refractivity contribution in [2.45, 2.75) is 37.5 Å². The van der Waals surface area contributed by atoms with E-state index in [0.29, 0.717) is 11.5 Å². The van der Waals surface area contributed by atoms with Gasteiger partial charge in [0.25, 0.3) is 0 Å². The number of pyridine rings is 1. The molecule has 2 aliphatic rings. The van der Waals surface area contributed by atoms with Gasteiger partial charge in [-0.3, -0.25) is 14.6 Å². The van der Waals surface area contributed by atoms with Crippen molar-refractivity contribution < 1.29 is 9.59 Å². The average molecular weight is 467 g/mol. The van der Waals surface area contributed by atoms with E-state index in [1.54, 1.807) is 24.5 Å². The number of rotatable bonds is 5. The van der Waals surface area contributed by atoms with Gasteiger partial charge in [-0.1, -0.05) is 48.5 Å². The minimum absolute atomic E-state index is 0.0623. The van der Waals surface area contributed by atoms with Gasteiger partial charge in [0.1, 0.15) is 0 Å². The molecule has 2 aliphatic carbocycles. The van der Waals surface area contributed by atoms with Gasteiger partial charge in [0.2, 0.25) is 5.91 Å². The Morgan fingerprint density at radius 2 is 1.85 bits per heavy atom. The maximum atomic E-state index is 14.1. The molecule has 2 fully saturated rings. The van der Waals surface area contributed by atoms with Gasteiger partial charge >= 0.3 is 0 Å². The van der Waals surface area contributed by atoms with Crippen LogP contribution in [0.4, 0.5) is 5.69 Å². The van der Waals surface area contributed by atoms with Crippen LogP contribution in [0.2, 0.25) is 0 Å². The van der Waals surface area contributed by atoms with Gasteiger partial charge in [-0.25, -0.2) is 0 Å². The highest BCUT2D eigenvalue weighted by Crippen LogP contribution is 2.65. The third-order valence-electron chi connectivity index (χ3n) is 7.94. The minimum Gasteiger partial charge on any atom is -0.324 e. The number of para-hydroxylation sites is 1. The monoisotopic (exact) mass is 466 g/mol. The average Bonchev–Trinajstić information content (AvgIpc) is 3.60. The first-order valence-electron chi connectivity index (χ1n) is 11.9. The van der Waals surface area contributed by atoms with E-state index in [1.165, 1.54) is 4.88 Å². The zero-order valence-corrected chi connectivity index (χ0v) is 19.8. The molecular weight excluding hydrogens is 440 g/mol. The van der Waals surface area contributed by atoms with Gasteiger partial charge in [0.05, 0.1) is 17.1 Å². The van der Waals surface area contributed by atoms with Crippen molar-refractivity contribution in [3.63, 3.8) is 0 Å². The Balaban J connectivity index is 1.42. The number of hydrogen-bond acceptors (Lipinski definition) is 4. The standard InChI is InChI=1S/C29H26N2O2S/c1-18(32)19-9-11-20(12-10-19)25-22-13-14-29(17-22,24-8-4-16-34-24)26(25)28(33)31-23-7-2-5-21-6-3-15-30-27(21)23/h2-12,15-16,22,25-26H,13-14,17H2,1H3,(H,31,33)/t22-,25-,26+,29+/m1/s1. The van der Waals surface area contributed by atoms with E-state index < -0.39 is 0 Å². The highest BCUT2D eigenvalue weighted by Gasteiger charge is 2.61.